The van der Waals surface area contributed by atoms with Gasteiger partial charge in [0.1, 0.15) is 0 Å². The molecule has 0 heterocycles. The molecule has 0 aliphatic carbocycles. The lowest BCUT2D eigenvalue weighted by atomic mass is 10.1. The van der Waals surface area contributed by atoms with Crippen molar-refractivity contribution in [3.63, 3.8) is 0 Å². The van der Waals surface area contributed by atoms with E-state index in [0.717, 1.165) is 17.5 Å². The molecular weight excluding hydrogens is 262 g/mol. The monoisotopic (exact) mass is 283 g/mol. The van der Waals surface area contributed by atoms with Crippen LogP contribution in [0.5, 0.6) is 0 Å². The third kappa shape index (κ3) is 5.04. The Morgan fingerprint density at radius 2 is 1.76 bits per heavy atom. The van der Waals surface area contributed by atoms with Crippen molar-refractivity contribution in [1.29, 1.82) is 0 Å². The first kappa shape index (κ1) is 15.3. The van der Waals surface area contributed by atoms with E-state index in [-0.39, 0.29) is 12.5 Å². The maximum absolute atomic E-state index is 11.8. The van der Waals surface area contributed by atoms with Crippen molar-refractivity contribution in [2.75, 3.05) is 0 Å². The number of rotatable bonds is 6. The smallest absolute Gasteiger partial charge is 0.220 e. The fourth-order valence-electron chi connectivity index (χ4n) is 2.18. The second-order valence-electron chi connectivity index (χ2n) is 5.24. The van der Waals surface area contributed by atoms with Gasteiger partial charge in [0.25, 0.3) is 0 Å². The number of hydrogen-bond donors (Lipinski definition) is 2. The summed E-state index contributed by atoms with van der Waals surface area (Å²) in [6, 6.07) is 15.8. The molecule has 0 radical (unpaired) electrons. The number of hydrogen-bond acceptors (Lipinski definition) is 2. The van der Waals surface area contributed by atoms with Crippen LogP contribution in [0.25, 0.3) is 0 Å². The van der Waals surface area contributed by atoms with Crippen LogP contribution in [0, 0.1) is 6.92 Å². The van der Waals surface area contributed by atoms with Gasteiger partial charge in [0, 0.05) is 13.0 Å². The van der Waals surface area contributed by atoms with E-state index in [1.54, 1.807) is 0 Å². The first-order valence-electron chi connectivity index (χ1n) is 7.18. The minimum atomic E-state index is 0.0448. The Morgan fingerprint density at radius 3 is 2.43 bits per heavy atom. The zero-order chi connectivity index (χ0) is 15.1. The highest BCUT2D eigenvalue weighted by atomic mass is 16.3. The third-order valence-electron chi connectivity index (χ3n) is 3.42. The largest absolute Gasteiger partial charge is 0.392 e. The Hall–Kier alpha value is -2.13. The van der Waals surface area contributed by atoms with Gasteiger partial charge in [-0.15, -0.1) is 0 Å². The molecule has 0 aromatic heterocycles. The molecule has 3 nitrogen and oxygen atoms in total. The summed E-state index contributed by atoms with van der Waals surface area (Å²) in [5.74, 6) is 0.0581. The molecule has 0 spiro atoms. The van der Waals surface area contributed by atoms with E-state index in [0.29, 0.717) is 13.0 Å². The van der Waals surface area contributed by atoms with Crippen LogP contribution in [0.4, 0.5) is 0 Å². The van der Waals surface area contributed by atoms with Crippen molar-refractivity contribution in [2.45, 2.75) is 32.9 Å². The fourth-order valence-corrected chi connectivity index (χ4v) is 2.18. The zero-order valence-electron chi connectivity index (χ0n) is 12.3. The SMILES string of the molecule is Cc1cccc(CCC(=O)NCc2ccc(CO)cc2)c1. The summed E-state index contributed by atoms with van der Waals surface area (Å²) in [6.45, 7) is 2.63. The molecule has 110 valence electrons. The molecule has 0 unspecified atom stereocenters. The van der Waals surface area contributed by atoms with Crippen LogP contribution < -0.4 is 5.32 Å². The van der Waals surface area contributed by atoms with Gasteiger partial charge in [-0.3, -0.25) is 4.79 Å². The van der Waals surface area contributed by atoms with Gasteiger partial charge in [-0.1, -0.05) is 54.1 Å². The van der Waals surface area contributed by atoms with Gasteiger partial charge in [0.2, 0.25) is 5.91 Å². The van der Waals surface area contributed by atoms with Crippen molar-refractivity contribution in [1.82, 2.24) is 5.32 Å². The number of aryl methyl sites for hydroxylation is 2. The molecule has 1 amide bonds. The summed E-state index contributed by atoms with van der Waals surface area (Å²) in [4.78, 5) is 11.8. The van der Waals surface area contributed by atoms with Gasteiger partial charge in [-0.2, -0.15) is 0 Å². The number of benzene rings is 2. The van der Waals surface area contributed by atoms with Gasteiger partial charge in [-0.25, -0.2) is 0 Å². The second-order valence-corrected chi connectivity index (χ2v) is 5.24. The van der Waals surface area contributed by atoms with Crippen LogP contribution in [-0.2, 0) is 24.4 Å². The molecule has 2 aromatic carbocycles. The molecule has 0 bridgehead atoms. The van der Waals surface area contributed by atoms with E-state index in [2.05, 4.69) is 24.4 Å². The van der Waals surface area contributed by atoms with E-state index in [9.17, 15) is 4.79 Å². The highest BCUT2D eigenvalue weighted by Crippen LogP contribution is 2.07. The van der Waals surface area contributed by atoms with E-state index < -0.39 is 0 Å². The first-order chi connectivity index (χ1) is 10.2. The highest BCUT2D eigenvalue weighted by Gasteiger charge is 2.03. The predicted molar refractivity (Wildman–Crippen MR) is 83.7 cm³/mol. The van der Waals surface area contributed by atoms with Crippen molar-refractivity contribution in [3.8, 4) is 0 Å². The van der Waals surface area contributed by atoms with Crippen LogP contribution in [0.1, 0.15) is 28.7 Å². The van der Waals surface area contributed by atoms with E-state index >= 15 is 0 Å². The topological polar surface area (TPSA) is 49.3 Å². The maximum Gasteiger partial charge on any atom is 0.220 e. The summed E-state index contributed by atoms with van der Waals surface area (Å²) >= 11 is 0. The summed E-state index contributed by atoms with van der Waals surface area (Å²) in [5.41, 5.74) is 4.33. The van der Waals surface area contributed by atoms with Crippen LogP contribution >= 0.6 is 0 Å². The molecule has 2 aromatic rings. The van der Waals surface area contributed by atoms with Crippen LogP contribution in [0.3, 0.4) is 0 Å². The van der Waals surface area contributed by atoms with Crippen molar-refractivity contribution in [2.24, 2.45) is 0 Å². The minimum Gasteiger partial charge on any atom is -0.392 e. The van der Waals surface area contributed by atoms with Crippen LogP contribution in [-0.4, -0.2) is 11.0 Å². The summed E-state index contributed by atoms with van der Waals surface area (Å²) in [7, 11) is 0. The minimum absolute atomic E-state index is 0.0448. The zero-order valence-corrected chi connectivity index (χ0v) is 12.3. The second kappa shape index (κ2) is 7.60. The average Bonchev–Trinajstić information content (AvgIpc) is 2.51. The number of aliphatic hydroxyl groups is 1. The van der Waals surface area contributed by atoms with Crippen molar-refractivity contribution in [3.05, 3.63) is 70.8 Å². The lowest BCUT2D eigenvalue weighted by Crippen LogP contribution is -2.23. The maximum atomic E-state index is 11.8. The average molecular weight is 283 g/mol. The predicted octanol–water partition coefficient (Wildman–Crippen LogP) is 2.74. The summed E-state index contributed by atoms with van der Waals surface area (Å²) < 4.78 is 0. The lowest BCUT2D eigenvalue weighted by molar-refractivity contribution is -0.121. The van der Waals surface area contributed by atoms with Crippen LogP contribution in [0.2, 0.25) is 0 Å². The van der Waals surface area contributed by atoms with Crippen molar-refractivity contribution < 1.29 is 9.90 Å². The van der Waals surface area contributed by atoms with E-state index in [1.807, 2.05) is 36.4 Å². The molecule has 0 fully saturated rings. The van der Waals surface area contributed by atoms with Crippen molar-refractivity contribution >= 4 is 5.91 Å². The molecule has 2 N–H and O–H groups in total. The Morgan fingerprint density at radius 1 is 1.05 bits per heavy atom. The number of carbonyl (C=O) groups is 1. The molecule has 0 saturated carbocycles. The first-order valence-corrected chi connectivity index (χ1v) is 7.18. The Balaban J connectivity index is 1.76. The Bertz CT molecular complexity index is 590. The van der Waals surface area contributed by atoms with Gasteiger partial charge in [0.15, 0.2) is 0 Å². The molecule has 0 aliphatic rings. The molecule has 3 heteroatoms. The Kier molecular flexibility index (Phi) is 5.52. The van der Waals surface area contributed by atoms with Gasteiger partial charge < -0.3 is 10.4 Å². The Labute approximate surface area is 125 Å². The molecule has 0 atom stereocenters. The highest BCUT2D eigenvalue weighted by molar-refractivity contribution is 5.76. The molecular formula is C18H21NO2. The molecule has 2 rings (SSSR count). The van der Waals surface area contributed by atoms with E-state index in [4.69, 9.17) is 5.11 Å². The fraction of sp³-hybridized carbons (Fsp3) is 0.278. The quantitative estimate of drug-likeness (QED) is 0.856. The van der Waals surface area contributed by atoms with E-state index in [1.165, 1.54) is 11.1 Å². The normalized spacial score (nSPS) is 10.4. The molecule has 0 saturated heterocycles. The molecule has 21 heavy (non-hydrogen) atoms. The lowest BCUT2D eigenvalue weighted by Gasteiger charge is -2.06. The number of aliphatic hydroxyl groups excluding tert-OH is 1. The van der Waals surface area contributed by atoms with Gasteiger partial charge in [0.05, 0.1) is 6.61 Å². The third-order valence-corrected chi connectivity index (χ3v) is 3.42. The van der Waals surface area contributed by atoms with Gasteiger partial charge >= 0.3 is 0 Å². The molecule has 0 aliphatic heterocycles. The summed E-state index contributed by atoms with van der Waals surface area (Å²) in [6.07, 6.45) is 1.26. The standard InChI is InChI=1S/C18H21NO2/c1-14-3-2-4-15(11-14)9-10-18(21)19-12-16-5-7-17(13-20)8-6-16/h2-8,11,20H,9-10,12-13H2,1H3,(H,19,21). The van der Waals surface area contributed by atoms with Gasteiger partial charge in [-0.05, 0) is 30.0 Å². The summed E-state index contributed by atoms with van der Waals surface area (Å²) in [5, 5.41) is 11.9. The number of nitrogens with one attached hydrogen (secondary N) is 1. The number of carbonyl (C=O) groups excluding carboxylic acids is 1. The van der Waals surface area contributed by atoms with Crippen LogP contribution in [0.15, 0.2) is 48.5 Å². The number of amides is 1.